The van der Waals surface area contributed by atoms with Crippen LogP contribution in [0.5, 0.6) is 0 Å². The van der Waals surface area contributed by atoms with Crippen LogP contribution < -0.4 is 0 Å². The Morgan fingerprint density at radius 3 is 2.34 bits per heavy atom. The fraction of sp³-hybridized carbons (Fsp3) is 0.429. The van der Waals surface area contributed by atoms with Crippen LogP contribution in [0.25, 0.3) is 12.2 Å². The minimum absolute atomic E-state index is 0.0325. The van der Waals surface area contributed by atoms with E-state index < -0.39 is 47.3 Å². The molecule has 0 saturated heterocycles. The number of allylic oxidation sites excluding steroid dienone is 4. The fourth-order valence-corrected chi connectivity index (χ4v) is 8.52. The van der Waals surface area contributed by atoms with Crippen LogP contribution in [0.4, 0.5) is 22.0 Å². The highest BCUT2D eigenvalue weighted by Crippen LogP contribution is 2.70. The van der Waals surface area contributed by atoms with E-state index in [1.54, 1.807) is 36.4 Å². The quantitative estimate of drug-likeness (QED) is 0.263. The molecule has 0 amide bonds. The third-order valence-electron chi connectivity index (χ3n) is 10.7. The molecular weight excluding hydrogens is 579 g/mol. The molecule has 0 aliphatic heterocycles. The normalized spacial score (nSPS) is 30.6. The maximum Gasteiger partial charge on any atom is 0.456 e. The number of ketones is 1. The van der Waals surface area contributed by atoms with Crippen LogP contribution in [0, 0.1) is 17.3 Å². The van der Waals surface area contributed by atoms with E-state index in [9.17, 15) is 33.0 Å². The molecule has 0 aromatic heterocycles. The summed E-state index contributed by atoms with van der Waals surface area (Å²) in [5.41, 5.74) is 0.409. The van der Waals surface area contributed by atoms with Crippen molar-refractivity contribution in [1.29, 1.82) is 0 Å². The molecule has 4 nitrogen and oxygen atoms in total. The van der Waals surface area contributed by atoms with Gasteiger partial charge in [0.1, 0.15) is 5.60 Å². The van der Waals surface area contributed by atoms with Crippen molar-refractivity contribution in [3.63, 3.8) is 0 Å². The van der Waals surface area contributed by atoms with E-state index >= 15 is 8.78 Å². The van der Waals surface area contributed by atoms with Gasteiger partial charge >= 0.3 is 18.1 Å². The van der Waals surface area contributed by atoms with Gasteiger partial charge in [0.2, 0.25) is 0 Å². The van der Waals surface area contributed by atoms with Crippen molar-refractivity contribution in [2.75, 3.05) is 0 Å². The van der Waals surface area contributed by atoms with Crippen LogP contribution in [0.2, 0.25) is 0 Å². The Morgan fingerprint density at radius 2 is 1.66 bits per heavy atom. The number of carbonyl (C=O) groups is 2. The number of carboxylic acids is 1. The summed E-state index contributed by atoms with van der Waals surface area (Å²) in [5, 5.41) is 20.7. The molecular formula is C35H33F5O4. The summed E-state index contributed by atoms with van der Waals surface area (Å²) >= 11 is 0. The zero-order valence-corrected chi connectivity index (χ0v) is 24.1. The highest BCUT2D eigenvalue weighted by atomic mass is 19.4. The molecule has 0 bridgehead atoms. The van der Waals surface area contributed by atoms with Crippen molar-refractivity contribution in [3.8, 4) is 0 Å². The highest BCUT2D eigenvalue weighted by Gasteiger charge is 2.79. The monoisotopic (exact) mass is 612 g/mol. The first-order valence-corrected chi connectivity index (χ1v) is 14.9. The first kappa shape index (κ1) is 30.4. The molecule has 44 heavy (non-hydrogen) atoms. The van der Waals surface area contributed by atoms with Gasteiger partial charge in [-0.15, -0.1) is 0 Å². The van der Waals surface area contributed by atoms with Gasteiger partial charge in [0.15, 0.2) is 5.78 Å². The molecule has 4 aliphatic carbocycles. The smallest absolute Gasteiger partial charge is 0.456 e. The predicted molar refractivity (Wildman–Crippen MR) is 155 cm³/mol. The lowest BCUT2D eigenvalue weighted by Gasteiger charge is -2.56. The number of alkyl halides is 5. The molecule has 9 heteroatoms. The molecule has 232 valence electrons. The molecule has 0 heterocycles. The molecule has 2 aromatic carbocycles. The zero-order chi connectivity index (χ0) is 31.7. The third kappa shape index (κ3) is 4.66. The van der Waals surface area contributed by atoms with E-state index in [1.165, 1.54) is 13.0 Å². The molecule has 2 N–H and O–H groups in total. The summed E-state index contributed by atoms with van der Waals surface area (Å²) in [6.45, 7) is 1.41. The van der Waals surface area contributed by atoms with Gasteiger partial charge in [-0.3, -0.25) is 4.79 Å². The summed E-state index contributed by atoms with van der Waals surface area (Å²) in [6.07, 6.45) is 0.605. The van der Waals surface area contributed by atoms with Crippen molar-refractivity contribution in [2.24, 2.45) is 17.3 Å². The summed E-state index contributed by atoms with van der Waals surface area (Å²) in [5.74, 6) is -7.62. The van der Waals surface area contributed by atoms with Gasteiger partial charge in [-0.25, -0.2) is 4.79 Å². The van der Waals surface area contributed by atoms with E-state index in [4.69, 9.17) is 0 Å². The lowest BCUT2D eigenvalue weighted by molar-refractivity contribution is -0.362. The molecule has 2 saturated carbocycles. The van der Waals surface area contributed by atoms with Crippen molar-refractivity contribution >= 4 is 23.9 Å². The van der Waals surface area contributed by atoms with Crippen molar-refractivity contribution in [3.05, 3.63) is 93.6 Å². The number of hydrogen-bond donors (Lipinski definition) is 2. The topological polar surface area (TPSA) is 74.6 Å². The Bertz CT molecular complexity index is 1600. The van der Waals surface area contributed by atoms with E-state index in [0.29, 0.717) is 31.2 Å². The van der Waals surface area contributed by atoms with Gasteiger partial charge in [0, 0.05) is 17.8 Å². The minimum Gasteiger partial charge on any atom is -0.478 e. The first-order chi connectivity index (χ1) is 20.7. The molecule has 0 unspecified atom stereocenters. The molecule has 0 radical (unpaired) electrons. The average Bonchev–Trinajstić information content (AvgIpc) is 3.26. The Labute approximate surface area is 252 Å². The van der Waals surface area contributed by atoms with Crippen LogP contribution in [-0.4, -0.2) is 39.7 Å². The van der Waals surface area contributed by atoms with Crippen molar-refractivity contribution in [2.45, 2.75) is 75.5 Å². The van der Waals surface area contributed by atoms with Gasteiger partial charge in [-0.2, -0.15) is 22.0 Å². The third-order valence-corrected chi connectivity index (χ3v) is 10.7. The average molecular weight is 613 g/mol. The Hall–Kier alpha value is -3.59. The lowest BCUT2D eigenvalue weighted by atomic mass is 9.50. The van der Waals surface area contributed by atoms with Crippen molar-refractivity contribution < 1.29 is 41.8 Å². The number of rotatable bonds is 5. The van der Waals surface area contributed by atoms with Crippen LogP contribution in [-0.2, 0) is 4.79 Å². The van der Waals surface area contributed by atoms with Crippen LogP contribution >= 0.6 is 0 Å². The standard InChI is InChI=1S/C35H33F5O4/c1-32-19-28(22-9-7-20(8-10-22)5-6-21-3-2-4-24(17-21)31(42)43)30-26-14-12-25(41)18-23(26)11-13-27(30)29(32)15-16-33(32,44)34(36,37)35(38,39)40/h2-10,17-18,27-29,44H,11-16,19H2,1H3,(H,42,43)/b6-5+/t27-,28+,29-,32-,33-/m0/s1. The number of halogens is 5. The van der Waals surface area contributed by atoms with Crippen molar-refractivity contribution in [1.82, 2.24) is 0 Å². The second-order valence-corrected chi connectivity index (χ2v) is 12.9. The van der Waals surface area contributed by atoms with Crippen LogP contribution in [0.1, 0.15) is 84.8 Å². The largest absolute Gasteiger partial charge is 0.478 e. The molecule has 2 fully saturated rings. The second kappa shape index (κ2) is 10.5. The molecule has 4 aliphatic rings. The first-order valence-electron chi connectivity index (χ1n) is 14.9. The molecule has 6 rings (SSSR count). The summed E-state index contributed by atoms with van der Waals surface area (Å²) < 4.78 is 71.7. The van der Waals surface area contributed by atoms with Gasteiger partial charge in [0.05, 0.1) is 5.56 Å². The summed E-state index contributed by atoms with van der Waals surface area (Å²) in [7, 11) is 0. The van der Waals surface area contributed by atoms with Crippen LogP contribution in [0.15, 0.2) is 71.3 Å². The van der Waals surface area contributed by atoms with Gasteiger partial charge in [0.25, 0.3) is 0 Å². The van der Waals surface area contributed by atoms with E-state index in [2.05, 4.69) is 0 Å². The number of benzene rings is 2. The predicted octanol–water partition coefficient (Wildman–Crippen LogP) is 8.38. The minimum atomic E-state index is -5.89. The Morgan fingerprint density at radius 1 is 0.955 bits per heavy atom. The van der Waals surface area contributed by atoms with Gasteiger partial charge in [-0.1, -0.05) is 61.0 Å². The molecule has 5 atom stereocenters. The number of carbonyl (C=O) groups excluding carboxylic acids is 1. The number of aromatic carboxylic acids is 1. The van der Waals surface area contributed by atoms with Gasteiger partial charge < -0.3 is 10.2 Å². The number of fused-ring (bicyclic) bond motifs is 4. The van der Waals surface area contributed by atoms with E-state index in [-0.39, 0.29) is 30.1 Å². The second-order valence-electron chi connectivity index (χ2n) is 12.9. The lowest BCUT2D eigenvalue weighted by Crippen LogP contribution is -2.65. The van der Waals surface area contributed by atoms with Crippen LogP contribution in [0.3, 0.4) is 0 Å². The van der Waals surface area contributed by atoms with E-state index in [1.807, 2.05) is 24.3 Å². The fourth-order valence-electron chi connectivity index (χ4n) is 8.52. The number of carboxylic acid groups (broad SMARTS) is 1. The van der Waals surface area contributed by atoms with E-state index in [0.717, 1.165) is 27.8 Å². The number of hydrogen-bond acceptors (Lipinski definition) is 3. The molecule has 0 spiro atoms. The Balaban J connectivity index is 1.41. The Kier molecular flexibility index (Phi) is 7.26. The number of aliphatic hydroxyl groups is 1. The highest BCUT2D eigenvalue weighted by molar-refractivity contribution is 5.93. The summed E-state index contributed by atoms with van der Waals surface area (Å²) in [6, 6.07) is 13.8. The maximum atomic E-state index is 15.2. The SMILES string of the molecule is C[C@]12C[C@H](c3ccc(/C=C/c4cccc(C(=O)O)c4)cc3)C3=C4CCC(=O)C=C4CC[C@H]3[C@@H]1CC[C@@]2(O)C(F)(F)C(F)(F)F. The molecule has 2 aromatic rings. The zero-order valence-electron chi connectivity index (χ0n) is 24.1. The maximum absolute atomic E-state index is 15.2. The van der Waals surface area contributed by atoms with Gasteiger partial charge in [-0.05, 0) is 96.4 Å². The summed E-state index contributed by atoms with van der Waals surface area (Å²) in [4.78, 5) is 23.5.